The maximum absolute atomic E-state index is 11.5. The van der Waals surface area contributed by atoms with Gasteiger partial charge in [0.1, 0.15) is 11.6 Å². The fourth-order valence-corrected chi connectivity index (χ4v) is 2.52. The van der Waals surface area contributed by atoms with E-state index in [2.05, 4.69) is 10.3 Å². The molecule has 3 rings (SSSR count). The molecular weight excluding hydrogens is 304 g/mol. The molecule has 0 saturated carbocycles. The van der Waals surface area contributed by atoms with Crippen molar-refractivity contribution in [3.8, 4) is 5.75 Å². The van der Waals surface area contributed by atoms with Gasteiger partial charge in [-0.2, -0.15) is 0 Å². The van der Waals surface area contributed by atoms with Gasteiger partial charge in [-0.1, -0.05) is 12.1 Å². The molecule has 1 aromatic heterocycles. The van der Waals surface area contributed by atoms with Gasteiger partial charge in [-0.3, -0.25) is 4.79 Å². The molecule has 1 heterocycles. The number of nitrogen functional groups attached to an aromatic ring is 1. The number of anilines is 2. The number of hydrogen-bond donors (Lipinski definition) is 3. The normalized spacial score (nSPS) is 10.5. The molecular formula is C18H18N4O2. The molecule has 0 fully saturated rings. The predicted molar refractivity (Wildman–Crippen MR) is 95.0 cm³/mol. The highest BCUT2D eigenvalue weighted by Gasteiger charge is 2.10. The average Bonchev–Trinajstić information content (AvgIpc) is 2.59. The lowest BCUT2D eigenvalue weighted by molar-refractivity contribution is 0.100. The summed E-state index contributed by atoms with van der Waals surface area (Å²) in [6.07, 6.45) is 1.70. The topological polar surface area (TPSA) is 103 Å². The fraction of sp³-hybridized carbons (Fsp3) is 0.111. The molecule has 5 N–H and O–H groups in total. The lowest BCUT2D eigenvalue weighted by Crippen LogP contribution is -2.13. The molecule has 0 unspecified atom stereocenters. The molecule has 0 saturated heterocycles. The highest BCUT2D eigenvalue weighted by atomic mass is 16.5. The van der Waals surface area contributed by atoms with Crippen LogP contribution in [-0.4, -0.2) is 18.0 Å². The van der Waals surface area contributed by atoms with Gasteiger partial charge in [-0.05, 0) is 41.3 Å². The standard InChI is InChI=1S/C18H18N4O2/c1-24-13-4-2-11(3-5-13)10-22-18-14-9-15(17(20)23)16(19)8-12(14)6-7-21-18/h2-9H,10,19H2,1H3,(H2,20,23)(H,21,22). The predicted octanol–water partition coefficient (Wildman–Crippen LogP) is 2.54. The Morgan fingerprint density at radius 2 is 1.96 bits per heavy atom. The molecule has 122 valence electrons. The van der Waals surface area contributed by atoms with E-state index in [1.807, 2.05) is 30.3 Å². The largest absolute Gasteiger partial charge is 0.497 e. The molecule has 1 amide bonds. The molecule has 0 radical (unpaired) electrons. The third-order valence-corrected chi connectivity index (χ3v) is 3.82. The number of nitrogens with one attached hydrogen (secondary N) is 1. The maximum Gasteiger partial charge on any atom is 0.250 e. The van der Waals surface area contributed by atoms with Crippen LogP contribution in [0.2, 0.25) is 0 Å². The van der Waals surface area contributed by atoms with Gasteiger partial charge in [0.2, 0.25) is 0 Å². The Balaban J connectivity index is 1.90. The van der Waals surface area contributed by atoms with Crippen LogP contribution in [-0.2, 0) is 6.54 Å². The Hall–Kier alpha value is -3.28. The van der Waals surface area contributed by atoms with Crippen molar-refractivity contribution in [3.05, 3.63) is 59.8 Å². The first kappa shape index (κ1) is 15.6. The third kappa shape index (κ3) is 3.08. The van der Waals surface area contributed by atoms with E-state index in [1.165, 1.54) is 0 Å². The Morgan fingerprint density at radius 1 is 1.21 bits per heavy atom. The van der Waals surface area contributed by atoms with Gasteiger partial charge in [0, 0.05) is 23.8 Å². The van der Waals surface area contributed by atoms with Crippen molar-refractivity contribution >= 4 is 28.2 Å². The number of carbonyl (C=O) groups is 1. The summed E-state index contributed by atoms with van der Waals surface area (Å²) in [6, 6.07) is 13.0. The average molecular weight is 322 g/mol. The number of benzene rings is 2. The summed E-state index contributed by atoms with van der Waals surface area (Å²) in [5.41, 5.74) is 13.0. The summed E-state index contributed by atoms with van der Waals surface area (Å²) in [5, 5.41) is 4.98. The Kier molecular flexibility index (Phi) is 4.20. The van der Waals surface area contributed by atoms with E-state index in [1.54, 1.807) is 25.4 Å². The second kappa shape index (κ2) is 6.45. The van der Waals surface area contributed by atoms with Crippen molar-refractivity contribution in [2.24, 2.45) is 5.73 Å². The summed E-state index contributed by atoms with van der Waals surface area (Å²) in [4.78, 5) is 15.9. The van der Waals surface area contributed by atoms with Crippen LogP contribution in [0.15, 0.2) is 48.7 Å². The summed E-state index contributed by atoms with van der Waals surface area (Å²) >= 11 is 0. The minimum Gasteiger partial charge on any atom is -0.497 e. The number of ether oxygens (including phenoxy) is 1. The molecule has 0 aliphatic rings. The number of nitrogens with two attached hydrogens (primary N) is 2. The third-order valence-electron chi connectivity index (χ3n) is 3.82. The molecule has 0 spiro atoms. The molecule has 24 heavy (non-hydrogen) atoms. The molecule has 0 atom stereocenters. The Labute approximate surface area is 139 Å². The van der Waals surface area contributed by atoms with E-state index in [9.17, 15) is 4.79 Å². The van der Waals surface area contributed by atoms with Crippen LogP contribution in [0.4, 0.5) is 11.5 Å². The maximum atomic E-state index is 11.5. The SMILES string of the molecule is COc1ccc(CNc2nccc3cc(N)c(C(N)=O)cc23)cc1. The number of hydrogen-bond acceptors (Lipinski definition) is 5. The zero-order valence-electron chi connectivity index (χ0n) is 13.2. The number of rotatable bonds is 5. The minimum absolute atomic E-state index is 0.294. The van der Waals surface area contributed by atoms with Crippen LogP contribution < -0.4 is 21.5 Å². The van der Waals surface area contributed by atoms with E-state index >= 15 is 0 Å². The first-order valence-electron chi connectivity index (χ1n) is 7.43. The molecule has 3 aromatic rings. The van der Waals surface area contributed by atoms with E-state index in [4.69, 9.17) is 16.2 Å². The molecule has 0 aliphatic heterocycles. The smallest absolute Gasteiger partial charge is 0.250 e. The van der Waals surface area contributed by atoms with Crippen molar-refractivity contribution in [1.29, 1.82) is 0 Å². The van der Waals surface area contributed by atoms with E-state index in [-0.39, 0.29) is 0 Å². The first-order valence-corrected chi connectivity index (χ1v) is 7.43. The van der Waals surface area contributed by atoms with Gasteiger partial charge >= 0.3 is 0 Å². The van der Waals surface area contributed by atoms with Crippen LogP contribution in [0.25, 0.3) is 10.8 Å². The van der Waals surface area contributed by atoms with Crippen molar-refractivity contribution in [1.82, 2.24) is 4.98 Å². The number of pyridine rings is 1. The summed E-state index contributed by atoms with van der Waals surface area (Å²) < 4.78 is 5.15. The highest BCUT2D eigenvalue weighted by molar-refractivity contribution is 6.05. The lowest BCUT2D eigenvalue weighted by atomic mass is 10.1. The monoisotopic (exact) mass is 322 g/mol. The van der Waals surface area contributed by atoms with Crippen LogP contribution in [0.5, 0.6) is 5.75 Å². The number of carbonyl (C=O) groups excluding carboxylic acids is 1. The Bertz CT molecular complexity index is 891. The van der Waals surface area contributed by atoms with E-state index < -0.39 is 5.91 Å². The second-order valence-electron chi connectivity index (χ2n) is 5.39. The molecule has 0 bridgehead atoms. The number of primary amides is 1. The summed E-state index contributed by atoms with van der Waals surface area (Å²) in [5.74, 6) is 0.925. The van der Waals surface area contributed by atoms with Crippen molar-refractivity contribution in [2.75, 3.05) is 18.2 Å². The van der Waals surface area contributed by atoms with Crippen LogP contribution in [0, 0.1) is 0 Å². The van der Waals surface area contributed by atoms with Gasteiger partial charge in [0.25, 0.3) is 5.91 Å². The lowest BCUT2D eigenvalue weighted by Gasteiger charge is -2.11. The molecule has 2 aromatic carbocycles. The van der Waals surface area contributed by atoms with E-state index in [0.717, 1.165) is 22.1 Å². The van der Waals surface area contributed by atoms with Gasteiger partial charge in [-0.15, -0.1) is 0 Å². The minimum atomic E-state index is -0.556. The van der Waals surface area contributed by atoms with Gasteiger partial charge in [0.05, 0.1) is 12.7 Å². The fourth-order valence-electron chi connectivity index (χ4n) is 2.52. The molecule has 6 nitrogen and oxygen atoms in total. The highest BCUT2D eigenvalue weighted by Crippen LogP contribution is 2.26. The van der Waals surface area contributed by atoms with Crippen molar-refractivity contribution in [2.45, 2.75) is 6.54 Å². The number of fused-ring (bicyclic) bond motifs is 1. The first-order chi connectivity index (χ1) is 11.6. The zero-order valence-corrected chi connectivity index (χ0v) is 13.2. The van der Waals surface area contributed by atoms with Crippen LogP contribution in [0.1, 0.15) is 15.9 Å². The number of amides is 1. The number of nitrogens with zero attached hydrogens (tertiary/aromatic N) is 1. The van der Waals surface area contributed by atoms with Crippen molar-refractivity contribution < 1.29 is 9.53 Å². The molecule has 0 aliphatic carbocycles. The summed E-state index contributed by atoms with van der Waals surface area (Å²) in [7, 11) is 1.63. The summed E-state index contributed by atoms with van der Waals surface area (Å²) in [6.45, 7) is 0.590. The van der Waals surface area contributed by atoms with E-state index in [0.29, 0.717) is 23.6 Å². The van der Waals surface area contributed by atoms with Crippen LogP contribution in [0.3, 0.4) is 0 Å². The number of methoxy groups -OCH3 is 1. The number of aromatic nitrogens is 1. The molecule has 6 heteroatoms. The van der Waals surface area contributed by atoms with Crippen LogP contribution >= 0.6 is 0 Å². The van der Waals surface area contributed by atoms with Gasteiger partial charge in [0.15, 0.2) is 0 Å². The zero-order chi connectivity index (χ0) is 17.1. The quantitative estimate of drug-likeness (QED) is 0.626. The second-order valence-corrected chi connectivity index (χ2v) is 5.39. The van der Waals surface area contributed by atoms with Gasteiger partial charge in [-0.25, -0.2) is 4.98 Å². The Morgan fingerprint density at radius 3 is 2.62 bits per heavy atom. The van der Waals surface area contributed by atoms with Crippen molar-refractivity contribution in [3.63, 3.8) is 0 Å². The van der Waals surface area contributed by atoms with Gasteiger partial charge < -0.3 is 21.5 Å².